The van der Waals surface area contributed by atoms with E-state index < -0.39 is 10.0 Å². The number of likely N-dealkylation sites (tertiary alicyclic amines) is 1. The van der Waals surface area contributed by atoms with Gasteiger partial charge in [0.15, 0.2) is 0 Å². The second-order valence-corrected chi connectivity index (χ2v) is 9.76. The number of sulfonamides is 1. The van der Waals surface area contributed by atoms with Crippen LogP contribution in [0.5, 0.6) is 0 Å². The van der Waals surface area contributed by atoms with E-state index in [2.05, 4.69) is 17.1 Å². The molecular formula is C19H30ClN3O3S. The molecule has 1 aromatic rings. The molecular weight excluding hydrogens is 386 g/mol. The second kappa shape index (κ2) is 10.4. The summed E-state index contributed by atoms with van der Waals surface area (Å²) >= 11 is 6.11. The molecule has 1 amide bonds. The van der Waals surface area contributed by atoms with Crippen LogP contribution in [0.25, 0.3) is 0 Å². The molecule has 1 aliphatic rings. The van der Waals surface area contributed by atoms with Crippen molar-refractivity contribution in [1.29, 1.82) is 0 Å². The number of carbonyl (C=O) groups excluding carboxylic acids is 1. The first kappa shape index (κ1) is 22.1. The van der Waals surface area contributed by atoms with Crippen LogP contribution in [-0.2, 0) is 21.4 Å². The smallest absolute Gasteiger partial charge is 0.235 e. The Balaban J connectivity index is 1.79. The first-order valence-electron chi connectivity index (χ1n) is 9.43. The van der Waals surface area contributed by atoms with E-state index in [1.54, 1.807) is 24.3 Å². The quantitative estimate of drug-likeness (QED) is 0.628. The van der Waals surface area contributed by atoms with Crippen molar-refractivity contribution in [3.63, 3.8) is 0 Å². The van der Waals surface area contributed by atoms with Gasteiger partial charge in [0.2, 0.25) is 15.9 Å². The second-order valence-electron chi connectivity index (χ2n) is 7.37. The summed E-state index contributed by atoms with van der Waals surface area (Å²) in [7, 11) is -3.52. The summed E-state index contributed by atoms with van der Waals surface area (Å²) in [6, 6.07) is 7.05. The number of nitrogens with one attached hydrogen (secondary N) is 1. The zero-order chi connectivity index (χ0) is 19.9. The van der Waals surface area contributed by atoms with Crippen molar-refractivity contribution in [3.05, 3.63) is 34.9 Å². The number of benzene rings is 1. The maximum atomic E-state index is 12.2. The molecule has 0 aliphatic carbocycles. The van der Waals surface area contributed by atoms with Gasteiger partial charge >= 0.3 is 0 Å². The fourth-order valence-corrected chi connectivity index (χ4v) is 4.26. The molecule has 1 aliphatic heterocycles. The van der Waals surface area contributed by atoms with Crippen LogP contribution in [0.15, 0.2) is 24.3 Å². The zero-order valence-corrected chi connectivity index (χ0v) is 17.7. The molecule has 0 spiro atoms. The van der Waals surface area contributed by atoms with E-state index in [0.717, 1.165) is 42.5 Å². The predicted octanol–water partition coefficient (Wildman–Crippen LogP) is 2.34. The lowest BCUT2D eigenvalue weighted by molar-refractivity contribution is -0.121. The van der Waals surface area contributed by atoms with Gasteiger partial charge in [-0.05, 0) is 49.9 Å². The van der Waals surface area contributed by atoms with Crippen molar-refractivity contribution in [2.24, 2.45) is 5.92 Å². The number of carbonyl (C=O) groups is 1. The number of piperidine rings is 1. The molecule has 0 saturated carbocycles. The lowest BCUT2D eigenvalue weighted by Gasteiger charge is -2.30. The van der Waals surface area contributed by atoms with Crippen LogP contribution >= 0.6 is 11.6 Å². The monoisotopic (exact) mass is 415 g/mol. The molecule has 0 bridgehead atoms. The maximum Gasteiger partial charge on any atom is 0.235 e. The van der Waals surface area contributed by atoms with Gasteiger partial charge in [-0.1, -0.05) is 36.7 Å². The van der Waals surface area contributed by atoms with Crippen LogP contribution in [0.2, 0.25) is 5.02 Å². The molecule has 152 valence electrons. The Morgan fingerprint density at radius 2 is 2.11 bits per heavy atom. The van der Waals surface area contributed by atoms with Crippen molar-refractivity contribution in [2.75, 3.05) is 39.0 Å². The van der Waals surface area contributed by atoms with E-state index in [1.165, 1.54) is 12.8 Å². The van der Waals surface area contributed by atoms with Crippen LogP contribution in [0.3, 0.4) is 0 Å². The first-order valence-corrected chi connectivity index (χ1v) is 11.7. The lowest BCUT2D eigenvalue weighted by Crippen LogP contribution is -2.41. The Morgan fingerprint density at radius 3 is 2.78 bits per heavy atom. The van der Waals surface area contributed by atoms with Gasteiger partial charge in [0, 0.05) is 24.7 Å². The summed E-state index contributed by atoms with van der Waals surface area (Å²) in [6.45, 7) is 5.90. The van der Waals surface area contributed by atoms with Crippen LogP contribution in [0.1, 0.15) is 31.7 Å². The highest BCUT2D eigenvalue weighted by Gasteiger charge is 2.21. The minimum absolute atomic E-state index is 0.0809. The molecule has 1 aromatic carbocycles. The molecule has 8 heteroatoms. The van der Waals surface area contributed by atoms with Gasteiger partial charge in [0.25, 0.3) is 0 Å². The van der Waals surface area contributed by atoms with E-state index in [9.17, 15) is 13.2 Å². The number of hydrogen-bond acceptors (Lipinski definition) is 4. The van der Waals surface area contributed by atoms with Crippen LogP contribution in [-0.4, -0.2) is 62.5 Å². The number of halogens is 1. The van der Waals surface area contributed by atoms with Crippen molar-refractivity contribution >= 4 is 27.5 Å². The molecule has 1 N–H and O–H groups in total. The SMILES string of the molecule is CC1CCCN(CCCNC(=O)CN(Cc2ccccc2Cl)S(C)(=O)=O)C1. The van der Waals surface area contributed by atoms with E-state index in [0.29, 0.717) is 17.1 Å². The molecule has 0 aromatic heterocycles. The third kappa shape index (κ3) is 7.78. The summed E-state index contributed by atoms with van der Waals surface area (Å²) < 4.78 is 25.2. The average molecular weight is 416 g/mol. The van der Waals surface area contributed by atoms with Crippen molar-refractivity contribution < 1.29 is 13.2 Å². The zero-order valence-electron chi connectivity index (χ0n) is 16.2. The van der Waals surface area contributed by atoms with Gasteiger partial charge < -0.3 is 10.2 Å². The average Bonchev–Trinajstić information content (AvgIpc) is 2.59. The Labute approximate surface area is 167 Å². The van der Waals surface area contributed by atoms with Gasteiger partial charge in [-0.3, -0.25) is 4.79 Å². The van der Waals surface area contributed by atoms with E-state index in [4.69, 9.17) is 11.6 Å². The molecule has 2 rings (SSSR count). The van der Waals surface area contributed by atoms with Crippen molar-refractivity contribution in [1.82, 2.24) is 14.5 Å². The lowest BCUT2D eigenvalue weighted by atomic mass is 10.0. The third-order valence-corrected chi connectivity index (χ3v) is 6.37. The minimum Gasteiger partial charge on any atom is -0.355 e. The van der Waals surface area contributed by atoms with E-state index >= 15 is 0 Å². The number of rotatable bonds is 9. The minimum atomic E-state index is -3.52. The molecule has 1 heterocycles. The van der Waals surface area contributed by atoms with E-state index in [-0.39, 0.29) is 19.0 Å². The third-order valence-electron chi connectivity index (χ3n) is 4.81. The largest absolute Gasteiger partial charge is 0.355 e. The maximum absolute atomic E-state index is 12.2. The van der Waals surface area contributed by atoms with Gasteiger partial charge in [-0.15, -0.1) is 0 Å². The highest BCUT2D eigenvalue weighted by Crippen LogP contribution is 2.18. The summed E-state index contributed by atoms with van der Waals surface area (Å²) in [5.41, 5.74) is 0.677. The van der Waals surface area contributed by atoms with Gasteiger partial charge in [0.05, 0.1) is 12.8 Å². The summed E-state index contributed by atoms with van der Waals surface area (Å²) in [5.74, 6) is 0.445. The molecule has 1 saturated heterocycles. The Kier molecular flexibility index (Phi) is 8.54. The molecule has 0 radical (unpaired) electrons. The van der Waals surface area contributed by atoms with Crippen molar-refractivity contribution in [2.45, 2.75) is 32.7 Å². The van der Waals surface area contributed by atoms with Gasteiger partial charge in [0.1, 0.15) is 0 Å². The number of hydrogen-bond donors (Lipinski definition) is 1. The highest BCUT2D eigenvalue weighted by atomic mass is 35.5. The molecule has 27 heavy (non-hydrogen) atoms. The summed E-state index contributed by atoms with van der Waals surface area (Å²) in [6.07, 6.45) is 4.50. The first-order chi connectivity index (χ1) is 12.8. The predicted molar refractivity (Wildman–Crippen MR) is 109 cm³/mol. The van der Waals surface area contributed by atoms with E-state index in [1.807, 2.05) is 0 Å². The van der Waals surface area contributed by atoms with Crippen LogP contribution < -0.4 is 5.32 Å². The van der Waals surface area contributed by atoms with Crippen molar-refractivity contribution in [3.8, 4) is 0 Å². The Bertz CT molecular complexity index is 727. The standard InChI is InChI=1S/C19H30ClN3O3S/c1-16-7-5-11-22(13-16)12-6-10-21-19(24)15-23(27(2,25)26)14-17-8-3-4-9-18(17)20/h3-4,8-9,16H,5-7,10-15H2,1-2H3,(H,21,24). The normalized spacial score (nSPS) is 18.6. The summed E-state index contributed by atoms with van der Waals surface area (Å²) in [5, 5.41) is 3.32. The molecule has 1 fully saturated rings. The van der Waals surface area contributed by atoms with Gasteiger partial charge in [-0.25, -0.2) is 8.42 Å². The summed E-state index contributed by atoms with van der Waals surface area (Å²) in [4.78, 5) is 14.6. The number of amides is 1. The fourth-order valence-electron chi connectivity index (χ4n) is 3.34. The fraction of sp³-hybridized carbons (Fsp3) is 0.632. The van der Waals surface area contributed by atoms with Gasteiger partial charge in [-0.2, -0.15) is 4.31 Å². The molecule has 1 unspecified atom stereocenters. The Morgan fingerprint density at radius 1 is 1.37 bits per heavy atom. The molecule has 1 atom stereocenters. The topological polar surface area (TPSA) is 69.7 Å². The highest BCUT2D eigenvalue weighted by molar-refractivity contribution is 7.88. The Hall–Kier alpha value is -1.15. The van der Waals surface area contributed by atoms with Crippen LogP contribution in [0.4, 0.5) is 0 Å². The number of nitrogens with zero attached hydrogens (tertiary/aromatic N) is 2. The molecule has 6 nitrogen and oxygen atoms in total. The van der Waals surface area contributed by atoms with Crippen LogP contribution in [0, 0.1) is 5.92 Å².